The zero-order valence-electron chi connectivity index (χ0n) is 13.4. The third-order valence-corrected chi connectivity index (χ3v) is 4.10. The zero-order valence-corrected chi connectivity index (χ0v) is 13.4. The minimum absolute atomic E-state index is 0.247. The molecule has 0 saturated carbocycles. The molecule has 3 atom stereocenters. The molecule has 1 rings (SSSR count). The summed E-state index contributed by atoms with van der Waals surface area (Å²) in [5.74, 6) is 2.31. The monoisotopic (exact) mass is 262 g/mol. The fraction of sp³-hybridized carbons (Fsp3) is 0.667. The molecule has 0 aromatic heterocycles. The molecule has 0 fully saturated rings. The fourth-order valence-electron chi connectivity index (χ4n) is 2.65. The van der Waals surface area contributed by atoms with Crippen molar-refractivity contribution in [3.63, 3.8) is 0 Å². The number of hydrogen-bond acceptors (Lipinski definition) is 1. The summed E-state index contributed by atoms with van der Waals surface area (Å²) in [7, 11) is 0. The van der Waals surface area contributed by atoms with Gasteiger partial charge in [0.15, 0.2) is 0 Å². The van der Waals surface area contributed by atoms with E-state index < -0.39 is 0 Å². The molecule has 0 spiro atoms. The van der Waals surface area contributed by atoms with E-state index in [0.717, 1.165) is 11.7 Å². The third kappa shape index (κ3) is 5.26. The summed E-state index contributed by atoms with van der Waals surface area (Å²) in [5.41, 5.74) is 0.275. The molecule has 0 saturated heterocycles. The summed E-state index contributed by atoms with van der Waals surface area (Å²) in [6.45, 7) is 13.8. The van der Waals surface area contributed by atoms with E-state index in [9.17, 15) is 0 Å². The van der Waals surface area contributed by atoms with E-state index in [1.165, 1.54) is 12.8 Å². The highest BCUT2D eigenvalue weighted by Gasteiger charge is 2.31. The van der Waals surface area contributed by atoms with Gasteiger partial charge in [0.1, 0.15) is 5.75 Å². The second kappa shape index (κ2) is 6.98. The summed E-state index contributed by atoms with van der Waals surface area (Å²) in [6, 6.07) is 10.2. The van der Waals surface area contributed by atoms with Crippen molar-refractivity contribution in [2.75, 3.05) is 0 Å². The van der Waals surface area contributed by atoms with E-state index in [1.807, 2.05) is 30.3 Å². The van der Waals surface area contributed by atoms with E-state index in [0.29, 0.717) is 5.92 Å². The van der Waals surface area contributed by atoms with Gasteiger partial charge in [-0.1, -0.05) is 59.2 Å². The molecule has 0 N–H and O–H groups in total. The van der Waals surface area contributed by atoms with Crippen LogP contribution in [0, 0.1) is 17.3 Å². The van der Waals surface area contributed by atoms with Gasteiger partial charge in [0.05, 0.1) is 6.10 Å². The van der Waals surface area contributed by atoms with Crippen LogP contribution in [0.15, 0.2) is 30.3 Å². The molecule has 1 nitrogen and oxygen atoms in total. The Bertz CT molecular complexity index is 350. The van der Waals surface area contributed by atoms with Gasteiger partial charge in [0.2, 0.25) is 0 Å². The maximum absolute atomic E-state index is 6.15. The lowest BCUT2D eigenvalue weighted by Crippen LogP contribution is -2.35. The van der Waals surface area contributed by atoms with Crippen LogP contribution in [0.3, 0.4) is 0 Å². The summed E-state index contributed by atoms with van der Waals surface area (Å²) in [5, 5.41) is 0. The van der Waals surface area contributed by atoms with Crippen LogP contribution in [-0.4, -0.2) is 6.10 Å². The number of rotatable bonds is 6. The predicted octanol–water partition coefficient (Wildman–Crippen LogP) is 5.55. The quantitative estimate of drug-likeness (QED) is 0.653. The molecule has 1 heteroatoms. The van der Waals surface area contributed by atoms with Crippen molar-refractivity contribution in [3.8, 4) is 5.75 Å². The minimum Gasteiger partial charge on any atom is -0.490 e. The SMILES string of the molecule is CCC(C)CC(C(C)Oc1ccccc1)C(C)(C)C. The molecule has 0 aliphatic heterocycles. The molecule has 0 aliphatic carbocycles. The van der Waals surface area contributed by atoms with Gasteiger partial charge in [0, 0.05) is 5.92 Å². The van der Waals surface area contributed by atoms with Gasteiger partial charge in [-0.05, 0) is 36.8 Å². The lowest BCUT2D eigenvalue weighted by molar-refractivity contribution is 0.0573. The highest BCUT2D eigenvalue weighted by Crippen LogP contribution is 2.36. The van der Waals surface area contributed by atoms with Crippen molar-refractivity contribution >= 4 is 0 Å². The van der Waals surface area contributed by atoms with Crippen molar-refractivity contribution in [3.05, 3.63) is 30.3 Å². The first-order valence-electron chi connectivity index (χ1n) is 7.56. The number of benzene rings is 1. The Hall–Kier alpha value is -0.980. The summed E-state index contributed by atoms with van der Waals surface area (Å²) < 4.78 is 6.15. The van der Waals surface area contributed by atoms with E-state index in [1.54, 1.807) is 0 Å². The molecule has 0 heterocycles. The molecule has 19 heavy (non-hydrogen) atoms. The van der Waals surface area contributed by atoms with Crippen LogP contribution >= 0.6 is 0 Å². The first-order chi connectivity index (χ1) is 8.84. The van der Waals surface area contributed by atoms with Crippen LogP contribution in [0.4, 0.5) is 0 Å². The van der Waals surface area contributed by atoms with Gasteiger partial charge in [-0.2, -0.15) is 0 Å². The van der Waals surface area contributed by atoms with Crippen LogP contribution < -0.4 is 4.74 Å². The lowest BCUT2D eigenvalue weighted by Gasteiger charge is -2.37. The topological polar surface area (TPSA) is 9.23 Å². The van der Waals surface area contributed by atoms with Crippen LogP contribution in [0.5, 0.6) is 5.75 Å². The van der Waals surface area contributed by atoms with Gasteiger partial charge in [-0.15, -0.1) is 0 Å². The van der Waals surface area contributed by atoms with E-state index in [2.05, 4.69) is 41.5 Å². The molecule has 0 amide bonds. The Morgan fingerprint density at radius 3 is 2.11 bits per heavy atom. The van der Waals surface area contributed by atoms with Crippen LogP contribution in [0.25, 0.3) is 0 Å². The predicted molar refractivity (Wildman–Crippen MR) is 83.5 cm³/mol. The second-order valence-electron chi connectivity index (χ2n) is 6.86. The molecule has 0 bridgehead atoms. The standard InChI is InChI=1S/C18H30O/c1-7-14(2)13-17(18(4,5)6)15(3)19-16-11-9-8-10-12-16/h8-12,14-15,17H,7,13H2,1-6H3. The van der Waals surface area contributed by atoms with Crippen molar-refractivity contribution in [2.24, 2.45) is 17.3 Å². The molecule has 108 valence electrons. The molecular formula is C18H30O. The Kier molecular flexibility index (Phi) is 5.90. The number of ether oxygens (including phenoxy) is 1. The van der Waals surface area contributed by atoms with Gasteiger partial charge in [0.25, 0.3) is 0 Å². The molecular weight excluding hydrogens is 232 g/mol. The van der Waals surface area contributed by atoms with Gasteiger partial charge in [-0.25, -0.2) is 0 Å². The lowest BCUT2D eigenvalue weighted by atomic mass is 9.73. The first-order valence-corrected chi connectivity index (χ1v) is 7.56. The average molecular weight is 262 g/mol. The van der Waals surface area contributed by atoms with Gasteiger partial charge >= 0.3 is 0 Å². The van der Waals surface area contributed by atoms with E-state index in [4.69, 9.17) is 4.74 Å². The normalized spacial score (nSPS) is 16.7. The first kappa shape index (κ1) is 16.1. The van der Waals surface area contributed by atoms with E-state index in [-0.39, 0.29) is 11.5 Å². The Labute approximate surface area is 119 Å². The summed E-state index contributed by atoms with van der Waals surface area (Å²) in [6.07, 6.45) is 2.72. The van der Waals surface area contributed by atoms with Crippen molar-refractivity contribution in [1.82, 2.24) is 0 Å². The summed E-state index contributed by atoms with van der Waals surface area (Å²) in [4.78, 5) is 0. The highest BCUT2D eigenvalue weighted by molar-refractivity contribution is 5.21. The zero-order chi connectivity index (χ0) is 14.5. The third-order valence-electron chi connectivity index (χ3n) is 4.10. The second-order valence-corrected chi connectivity index (χ2v) is 6.86. The molecule has 0 aliphatic rings. The highest BCUT2D eigenvalue weighted by atomic mass is 16.5. The maximum Gasteiger partial charge on any atom is 0.119 e. The smallest absolute Gasteiger partial charge is 0.119 e. The Balaban J connectivity index is 2.74. The minimum atomic E-state index is 0.247. The van der Waals surface area contributed by atoms with Crippen LogP contribution in [-0.2, 0) is 0 Å². The largest absolute Gasteiger partial charge is 0.490 e. The Morgan fingerprint density at radius 2 is 1.63 bits per heavy atom. The average Bonchev–Trinajstić information content (AvgIpc) is 2.35. The van der Waals surface area contributed by atoms with Gasteiger partial charge < -0.3 is 4.74 Å². The number of hydrogen-bond donors (Lipinski definition) is 0. The van der Waals surface area contributed by atoms with Crippen molar-refractivity contribution in [1.29, 1.82) is 0 Å². The molecule has 1 aromatic rings. The summed E-state index contributed by atoms with van der Waals surface area (Å²) >= 11 is 0. The van der Waals surface area contributed by atoms with Crippen LogP contribution in [0.2, 0.25) is 0 Å². The van der Waals surface area contributed by atoms with Crippen molar-refractivity contribution in [2.45, 2.75) is 60.5 Å². The Morgan fingerprint density at radius 1 is 1.05 bits per heavy atom. The molecule has 3 unspecified atom stereocenters. The van der Waals surface area contributed by atoms with Gasteiger partial charge in [-0.3, -0.25) is 0 Å². The number of para-hydroxylation sites is 1. The van der Waals surface area contributed by atoms with Crippen molar-refractivity contribution < 1.29 is 4.74 Å². The van der Waals surface area contributed by atoms with E-state index >= 15 is 0 Å². The molecule has 1 aromatic carbocycles. The van der Waals surface area contributed by atoms with Crippen LogP contribution in [0.1, 0.15) is 54.4 Å². The maximum atomic E-state index is 6.15. The fourth-order valence-corrected chi connectivity index (χ4v) is 2.65. The molecule has 0 radical (unpaired) electrons.